The molecule has 4 heteroatoms. The molecule has 122 valence electrons. The third-order valence-corrected chi connectivity index (χ3v) is 5.23. The Morgan fingerprint density at radius 3 is 2.71 bits per heavy atom. The van der Waals surface area contributed by atoms with Gasteiger partial charge in [0.25, 0.3) is 0 Å². The molecule has 0 unspecified atom stereocenters. The predicted molar refractivity (Wildman–Crippen MR) is 94.5 cm³/mol. The molecule has 3 fully saturated rings. The van der Waals surface area contributed by atoms with Crippen LogP contribution in [-0.2, 0) is 6.54 Å². The van der Waals surface area contributed by atoms with E-state index in [2.05, 4.69) is 51.2 Å². The van der Waals surface area contributed by atoms with Gasteiger partial charge in [-0.2, -0.15) is 5.26 Å². The number of pyridine rings is 1. The van der Waals surface area contributed by atoms with Crippen LogP contribution < -0.4 is 4.90 Å². The smallest absolute Gasteiger partial charge is 0.142 e. The third kappa shape index (κ3) is 3.13. The van der Waals surface area contributed by atoms with E-state index < -0.39 is 0 Å². The van der Waals surface area contributed by atoms with E-state index in [1.165, 1.54) is 18.4 Å². The van der Waals surface area contributed by atoms with Crippen LogP contribution in [0.15, 0.2) is 48.5 Å². The van der Waals surface area contributed by atoms with Crippen molar-refractivity contribution in [2.75, 3.05) is 24.5 Å². The minimum Gasteiger partial charge on any atom is -0.355 e. The van der Waals surface area contributed by atoms with Crippen LogP contribution in [0.5, 0.6) is 0 Å². The molecule has 4 nitrogen and oxygen atoms in total. The van der Waals surface area contributed by atoms with Gasteiger partial charge in [0.1, 0.15) is 17.6 Å². The van der Waals surface area contributed by atoms with Crippen LogP contribution in [0.3, 0.4) is 0 Å². The van der Waals surface area contributed by atoms with E-state index in [0.717, 1.165) is 32.0 Å². The van der Waals surface area contributed by atoms with E-state index >= 15 is 0 Å². The maximum absolute atomic E-state index is 9.10. The molecule has 1 aromatic carbocycles. The molecule has 0 radical (unpaired) electrons. The lowest BCUT2D eigenvalue weighted by Crippen LogP contribution is -2.43. The monoisotopic (exact) mass is 318 g/mol. The van der Waals surface area contributed by atoms with E-state index in [0.29, 0.717) is 17.7 Å². The second kappa shape index (κ2) is 6.62. The summed E-state index contributed by atoms with van der Waals surface area (Å²) >= 11 is 0. The van der Waals surface area contributed by atoms with Crippen LogP contribution >= 0.6 is 0 Å². The van der Waals surface area contributed by atoms with Gasteiger partial charge in [0.2, 0.25) is 0 Å². The fourth-order valence-electron chi connectivity index (χ4n) is 4.04. The molecule has 5 rings (SSSR count). The van der Waals surface area contributed by atoms with E-state index in [4.69, 9.17) is 5.26 Å². The first kappa shape index (κ1) is 15.2. The van der Waals surface area contributed by atoms with Crippen LogP contribution in [-0.4, -0.2) is 35.6 Å². The normalized spacial score (nSPS) is 23.7. The molecule has 2 aromatic rings. The van der Waals surface area contributed by atoms with Gasteiger partial charge in [-0.1, -0.05) is 36.4 Å². The highest BCUT2D eigenvalue weighted by molar-refractivity contribution is 5.42. The lowest BCUT2D eigenvalue weighted by atomic mass is 9.94. The van der Waals surface area contributed by atoms with Gasteiger partial charge in [-0.15, -0.1) is 0 Å². The molecule has 0 amide bonds. The maximum atomic E-state index is 9.10. The molecule has 3 aliphatic heterocycles. The van der Waals surface area contributed by atoms with Gasteiger partial charge in [0.05, 0.1) is 0 Å². The van der Waals surface area contributed by atoms with Gasteiger partial charge in [0.15, 0.2) is 0 Å². The zero-order chi connectivity index (χ0) is 16.4. The Bertz CT molecular complexity index is 737. The number of piperidine rings is 1. The molecule has 24 heavy (non-hydrogen) atoms. The van der Waals surface area contributed by atoms with Gasteiger partial charge in [-0.05, 0) is 36.5 Å². The first-order valence-electron chi connectivity index (χ1n) is 8.72. The molecule has 4 heterocycles. The molecule has 2 bridgehead atoms. The topological polar surface area (TPSA) is 43.2 Å². The lowest BCUT2D eigenvalue weighted by molar-refractivity contribution is 0.126. The molecular formula is C20H22N4. The lowest BCUT2D eigenvalue weighted by Gasteiger charge is -2.36. The van der Waals surface area contributed by atoms with Gasteiger partial charge >= 0.3 is 0 Å². The Kier molecular flexibility index (Phi) is 4.18. The minimum absolute atomic E-state index is 0.505. The van der Waals surface area contributed by atoms with Crippen LogP contribution in [0.25, 0.3) is 0 Å². The second-order valence-electron chi connectivity index (χ2n) is 6.91. The number of aromatic nitrogens is 1. The molecular weight excluding hydrogens is 296 g/mol. The first-order chi connectivity index (χ1) is 11.8. The summed E-state index contributed by atoms with van der Waals surface area (Å²) in [6.07, 6.45) is 2.55. The highest BCUT2D eigenvalue weighted by Crippen LogP contribution is 2.31. The molecule has 1 aromatic heterocycles. The van der Waals surface area contributed by atoms with Crippen molar-refractivity contribution < 1.29 is 0 Å². The number of anilines is 1. The summed E-state index contributed by atoms with van der Waals surface area (Å²) in [5.41, 5.74) is 1.89. The third-order valence-electron chi connectivity index (χ3n) is 5.23. The summed E-state index contributed by atoms with van der Waals surface area (Å²) in [6, 6.07) is 19.2. The first-order valence-corrected chi connectivity index (χ1v) is 8.72. The number of fused-ring (bicyclic) bond motifs is 4. The molecule has 0 N–H and O–H groups in total. The Morgan fingerprint density at radius 1 is 1.00 bits per heavy atom. The number of hydrogen-bond donors (Lipinski definition) is 0. The summed E-state index contributed by atoms with van der Waals surface area (Å²) in [7, 11) is 0. The summed E-state index contributed by atoms with van der Waals surface area (Å²) in [6.45, 7) is 4.24. The number of hydrogen-bond acceptors (Lipinski definition) is 4. The van der Waals surface area contributed by atoms with E-state index in [9.17, 15) is 0 Å². The number of nitrogens with zero attached hydrogens (tertiary/aromatic N) is 4. The second-order valence-corrected chi connectivity index (χ2v) is 6.91. The summed E-state index contributed by atoms with van der Waals surface area (Å²) in [5, 5.41) is 9.10. The molecule has 2 atom stereocenters. The van der Waals surface area contributed by atoms with Gasteiger partial charge in [-0.25, -0.2) is 4.98 Å². The Morgan fingerprint density at radius 2 is 1.88 bits per heavy atom. The number of nitriles is 1. The highest BCUT2D eigenvalue weighted by Gasteiger charge is 2.35. The van der Waals surface area contributed by atoms with Gasteiger partial charge in [0, 0.05) is 32.2 Å². The fraction of sp³-hybridized carbons (Fsp3) is 0.400. The quantitative estimate of drug-likeness (QED) is 0.872. The fourth-order valence-corrected chi connectivity index (χ4v) is 4.04. The zero-order valence-electron chi connectivity index (χ0n) is 13.8. The average Bonchev–Trinajstić information content (AvgIpc) is 2.94. The van der Waals surface area contributed by atoms with Gasteiger partial charge < -0.3 is 4.90 Å². The van der Waals surface area contributed by atoms with Gasteiger partial charge in [-0.3, -0.25) is 4.90 Å². The van der Waals surface area contributed by atoms with Crippen LogP contribution in [0.1, 0.15) is 24.1 Å². The predicted octanol–water partition coefficient (Wildman–Crippen LogP) is 3.05. The molecule has 0 aliphatic carbocycles. The van der Waals surface area contributed by atoms with Crippen molar-refractivity contribution in [2.24, 2.45) is 5.92 Å². The standard InChI is InChI=1S/C20H22N4/c21-11-18-7-4-8-20(22-18)24-14-17-9-10-19(15-24)23(13-17)12-16-5-2-1-3-6-16/h1-8,17,19H,9-10,12-15H2/t17-,19-/m0/s1. The van der Waals surface area contributed by atoms with Crippen molar-refractivity contribution in [2.45, 2.75) is 25.4 Å². The summed E-state index contributed by atoms with van der Waals surface area (Å²) in [4.78, 5) is 9.53. The van der Waals surface area contributed by atoms with Crippen LogP contribution in [0.4, 0.5) is 5.82 Å². The SMILES string of the molecule is N#Cc1cccc(N2C[C@H]3CC[C@@H](C2)N(Cc2ccccc2)C3)n1. The van der Waals surface area contributed by atoms with E-state index in [1.807, 2.05) is 12.1 Å². The maximum Gasteiger partial charge on any atom is 0.142 e. The number of benzene rings is 1. The van der Waals surface area contributed by atoms with Crippen molar-refractivity contribution in [3.8, 4) is 6.07 Å². The molecule has 0 spiro atoms. The van der Waals surface area contributed by atoms with Crippen molar-refractivity contribution in [1.29, 1.82) is 5.26 Å². The van der Waals surface area contributed by atoms with Crippen molar-refractivity contribution in [3.05, 3.63) is 59.8 Å². The average molecular weight is 318 g/mol. The van der Waals surface area contributed by atoms with Crippen molar-refractivity contribution >= 4 is 5.82 Å². The van der Waals surface area contributed by atoms with Crippen molar-refractivity contribution in [3.63, 3.8) is 0 Å². The Hall–Kier alpha value is -2.38. The summed E-state index contributed by atoms with van der Waals surface area (Å²) < 4.78 is 0. The molecule has 3 saturated heterocycles. The zero-order valence-corrected chi connectivity index (χ0v) is 13.8. The summed E-state index contributed by atoms with van der Waals surface area (Å²) in [5.74, 6) is 1.63. The van der Waals surface area contributed by atoms with Crippen LogP contribution in [0, 0.1) is 17.2 Å². The van der Waals surface area contributed by atoms with E-state index in [-0.39, 0.29) is 0 Å². The largest absolute Gasteiger partial charge is 0.355 e. The van der Waals surface area contributed by atoms with E-state index in [1.54, 1.807) is 6.07 Å². The minimum atomic E-state index is 0.505. The Labute approximate surface area is 143 Å². The van der Waals surface area contributed by atoms with Crippen LogP contribution in [0.2, 0.25) is 0 Å². The highest BCUT2D eigenvalue weighted by atomic mass is 15.3. The van der Waals surface area contributed by atoms with Crippen molar-refractivity contribution in [1.82, 2.24) is 9.88 Å². The molecule has 0 saturated carbocycles. The molecule has 3 aliphatic rings. The Balaban J connectivity index is 1.53. The number of rotatable bonds is 3.